The number of nitrogens with two attached hydrogens (primary N) is 1. The minimum Gasteiger partial charge on any atom is -0.496 e. The van der Waals surface area contributed by atoms with Crippen LogP contribution in [0.2, 0.25) is 0 Å². The molecule has 21 heavy (non-hydrogen) atoms. The highest BCUT2D eigenvalue weighted by atomic mass is 16.5. The number of nitrogens with zero attached hydrogens (tertiary/aromatic N) is 2. The Morgan fingerprint density at radius 3 is 3.05 bits per heavy atom. The van der Waals surface area contributed by atoms with Gasteiger partial charge in [0.15, 0.2) is 0 Å². The summed E-state index contributed by atoms with van der Waals surface area (Å²) in [5, 5.41) is 9.33. The number of methoxy groups -OCH3 is 1. The molecule has 1 saturated heterocycles. The summed E-state index contributed by atoms with van der Waals surface area (Å²) < 4.78 is 10.8. The van der Waals surface area contributed by atoms with Crippen molar-refractivity contribution in [2.45, 2.75) is 18.5 Å². The molecule has 2 aliphatic heterocycles. The van der Waals surface area contributed by atoms with Crippen LogP contribution in [0.5, 0.6) is 5.75 Å². The Labute approximate surface area is 122 Å². The van der Waals surface area contributed by atoms with Crippen molar-refractivity contribution in [1.82, 2.24) is 9.88 Å². The van der Waals surface area contributed by atoms with Gasteiger partial charge in [-0.05, 0) is 12.0 Å². The van der Waals surface area contributed by atoms with Crippen LogP contribution in [0.25, 0.3) is 5.57 Å². The van der Waals surface area contributed by atoms with Gasteiger partial charge < -0.3 is 20.3 Å². The maximum absolute atomic E-state index is 11.4. The van der Waals surface area contributed by atoms with Gasteiger partial charge >= 0.3 is 6.09 Å². The molecule has 0 radical (unpaired) electrons. The van der Waals surface area contributed by atoms with Gasteiger partial charge in [-0.2, -0.15) is 0 Å². The lowest BCUT2D eigenvalue weighted by atomic mass is 9.90. The van der Waals surface area contributed by atoms with Gasteiger partial charge in [-0.15, -0.1) is 0 Å². The van der Waals surface area contributed by atoms with E-state index in [-0.39, 0.29) is 12.1 Å². The molecule has 112 valence electrons. The third kappa shape index (κ3) is 2.40. The van der Waals surface area contributed by atoms with Crippen LogP contribution in [0.1, 0.15) is 12.0 Å². The second kappa shape index (κ2) is 5.25. The number of amides is 1. The molecule has 0 spiro atoms. The molecule has 2 unspecified atom stereocenters. The number of rotatable bonds is 2. The lowest BCUT2D eigenvalue weighted by Crippen LogP contribution is -2.55. The van der Waals surface area contributed by atoms with Crippen molar-refractivity contribution in [2.75, 3.05) is 26.1 Å². The van der Waals surface area contributed by atoms with E-state index in [9.17, 15) is 9.90 Å². The van der Waals surface area contributed by atoms with E-state index in [1.54, 1.807) is 19.4 Å². The number of aromatic nitrogens is 1. The van der Waals surface area contributed by atoms with E-state index in [0.717, 1.165) is 11.1 Å². The Hall–Kier alpha value is -2.28. The van der Waals surface area contributed by atoms with Crippen LogP contribution in [0.4, 0.5) is 10.6 Å². The zero-order chi connectivity index (χ0) is 15.0. The standard InChI is InChI=1S/C14H17N3O4/c1-20-12-4-13(15)16-5-11(12)8-2-9-6-21-7-10(3-8)17(9)14(18)19/h2,4-5,9-10H,3,6-7H2,1H3,(H2,15,16)(H,18,19). The van der Waals surface area contributed by atoms with Crippen molar-refractivity contribution in [1.29, 1.82) is 0 Å². The zero-order valence-corrected chi connectivity index (χ0v) is 11.7. The molecule has 3 rings (SSSR count). The quantitative estimate of drug-likeness (QED) is 0.850. The first kappa shape index (κ1) is 13.7. The molecular weight excluding hydrogens is 274 g/mol. The van der Waals surface area contributed by atoms with Gasteiger partial charge in [-0.3, -0.25) is 4.90 Å². The number of ether oxygens (including phenoxy) is 2. The Balaban J connectivity index is 1.99. The summed E-state index contributed by atoms with van der Waals surface area (Å²) in [6.45, 7) is 0.780. The molecule has 7 nitrogen and oxygen atoms in total. The Bertz CT molecular complexity index is 602. The Kier molecular flexibility index (Phi) is 3.42. The molecule has 1 aromatic rings. The molecule has 1 fully saturated rings. The lowest BCUT2D eigenvalue weighted by Gasteiger charge is -2.43. The van der Waals surface area contributed by atoms with E-state index in [1.165, 1.54) is 4.90 Å². The maximum atomic E-state index is 11.4. The first-order valence-corrected chi connectivity index (χ1v) is 6.69. The minimum atomic E-state index is -0.911. The van der Waals surface area contributed by atoms with E-state index < -0.39 is 6.09 Å². The molecule has 0 saturated carbocycles. The summed E-state index contributed by atoms with van der Waals surface area (Å²) in [5.74, 6) is 1.04. The molecule has 0 aliphatic carbocycles. The maximum Gasteiger partial charge on any atom is 0.408 e. The van der Waals surface area contributed by atoms with Gasteiger partial charge in [-0.1, -0.05) is 6.08 Å². The number of carboxylic acid groups (broad SMARTS) is 1. The second-order valence-corrected chi connectivity index (χ2v) is 5.15. The molecule has 7 heteroatoms. The van der Waals surface area contributed by atoms with Crippen molar-refractivity contribution >= 4 is 17.5 Å². The molecule has 2 aliphatic rings. The Morgan fingerprint density at radius 1 is 1.57 bits per heavy atom. The molecule has 1 aromatic heterocycles. The summed E-state index contributed by atoms with van der Waals surface area (Å²) in [7, 11) is 1.58. The van der Waals surface area contributed by atoms with Crippen LogP contribution in [-0.2, 0) is 4.74 Å². The summed E-state index contributed by atoms with van der Waals surface area (Å²) in [4.78, 5) is 16.9. The predicted molar refractivity (Wildman–Crippen MR) is 76.1 cm³/mol. The van der Waals surface area contributed by atoms with E-state index in [4.69, 9.17) is 15.2 Å². The summed E-state index contributed by atoms with van der Waals surface area (Å²) in [5.41, 5.74) is 7.55. The van der Waals surface area contributed by atoms with E-state index in [1.807, 2.05) is 6.08 Å². The third-order valence-electron chi connectivity index (χ3n) is 3.87. The molecular formula is C14H17N3O4. The molecule has 3 heterocycles. The highest BCUT2D eigenvalue weighted by Gasteiger charge is 2.38. The van der Waals surface area contributed by atoms with E-state index in [0.29, 0.717) is 31.2 Å². The van der Waals surface area contributed by atoms with Crippen molar-refractivity contribution in [2.24, 2.45) is 0 Å². The summed E-state index contributed by atoms with van der Waals surface area (Å²) >= 11 is 0. The van der Waals surface area contributed by atoms with E-state index >= 15 is 0 Å². The molecule has 1 amide bonds. The number of anilines is 1. The molecule has 2 bridgehead atoms. The number of nitrogen functional groups attached to an aromatic ring is 1. The zero-order valence-electron chi connectivity index (χ0n) is 11.7. The van der Waals surface area contributed by atoms with Gasteiger partial charge in [-0.25, -0.2) is 9.78 Å². The summed E-state index contributed by atoms with van der Waals surface area (Å²) in [6, 6.07) is 1.22. The van der Waals surface area contributed by atoms with E-state index in [2.05, 4.69) is 4.98 Å². The number of hydrogen-bond acceptors (Lipinski definition) is 5. The van der Waals surface area contributed by atoms with Crippen molar-refractivity contribution in [3.63, 3.8) is 0 Å². The van der Waals surface area contributed by atoms with Gasteiger partial charge in [0, 0.05) is 17.8 Å². The summed E-state index contributed by atoms with van der Waals surface area (Å²) in [6.07, 6.45) is 3.25. The Morgan fingerprint density at radius 2 is 2.38 bits per heavy atom. The third-order valence-corrected chi connectivity index (χ3v) is 3.87. The first-order valence-electron chi connectivity index (χ1n) is 6.69. The topological polar surface area (TPSA) is 97.9 Å². The van der Waals surface area contributed by atoms with Crippen LogP contribution >= 0.6 is 0 Å². The lowest BCUT2D eigenvalue weighted by molar-refractivity contribution is -0.0252. The fourth-order valence-electron chi connectivity index (χ4n) is 2.96. The van der Waals surface area contributed by atoms with Crippen LogP contribution in [0.3, 0.4) is 0 Å². The molecule has 2 atom stereocenters. The molecule has 0 aromatic carbocycles. The normalized spacial score (nSPS) is 24.4. The van der Waals surface area contributed by atoms with Crippen molar-refractivity contribution in [3.05, 3.63) is 23.9 Å². The van der Waals surface area contributed by atoms with Crippen LogP contribution in [0, 0.1) is 0 Å². The number of carbonyl (C=O) groups is 1. The largest absolute Gasteiger partial charge is 0.496 e. The van der Waals surface area contributed by atoms with Crippen molar-refractivity contribution < 1.29 is 19.4 Å². The van der Waals surface area contributed by atoms with Gasteiger partial charge in [0.2, 0.25) is 0 Å². The minimum absolute atomic E-state index is 0.177. The number of pyridine rings is 1. The average molecular weight is 291 g/mol. The SMILES string of the molecule is COc1cc(N)ncc1C1=CC2COCC(C1)N2C(=O)O. The molecule has 3 N–H and O–H groups in total. The number of morpholine rings is 1. The first-order chi connectivity index (χ1) is 10.1. The van der Waals surface area contributed by atoms with Crippen LogP contribution in [-0.4, -0.2) is 53.5 Å². The number of hydrogen-bond donors (Lipinski definition) is 2. The number of fused-ring (bicyclic) bond motifs is 2. The van der Waals surface area contributed by atoms with Crippen LogP contribution < -0.4 is 10.5 Å². The second-order valence-electron chi connectivity index (χ2n) is 5.15. The van der Waals surface area contributed by atoms with Gasteiger partial charge in [0.05, 0.1) is 32.4 Å². The smallest absolute Gasteiger partial charge is 0.408 e. The van der Waals surface area contributed by atoms with Crippen LogP contribution in [0.15, 0.2) is 18.3 Å². The predicted octanol–water partition coefficient (Wildman–Crippen LogP) is 1.21. The highest BCUT2D eigenvalue weighted by Crippen LogP contribution is 2.36. The fraction of sp³-hybridized carbons (Fsp3) is 0.429. The van der Waals surface area contributed by atoms with Gasteiger partial charge in [0.1, 0.15) is 11.6 Å². The fourth-order valence-corrected chi connectivity index (χ4v) is 2.96. The highest BCUT2D eigenvalue weighted by molar-refractivity contribution is 5.76. The average Bonchev–Trinajstić information content (AvgIpc) is 2.45. The van der Waals surface area contributed by atoms with Gasteiger partial charge in [0.25, 0.3) is 0 Å². The van der Waals surface area contributed by atoms with Crippen molar-refractivity contribution in [3.8, 4) is 5.75 Å². The monoisotopic (exact) mass is 291 g/mol.